The second kappa shape index (κ2) is 4.27. The lowest BCUT2D eigenvalue weighted by Gasteiger charge is -2.17. The fraction of sp³-hybridized carbons (Fsp3) is 0.143. The number of nitrogens with one attached hydrogen (secondary N) is 1. The van der Waals surface area contributed by atoms with Crippen molar-refractivity contribution < 1.29 is 0 Å². The van der Waals surface area contributed by atoms with Crippen LogP contribution in [0.1, 0.15) is 0 Å². The number of thiol groups is 1. The Morgan fingerprint density at radius 1 is 1.67 bits per heavy atom. The van der Waals surface area contributed by atoms with Crippen molar-refractivity contribution in [1.29, 1.82) is 0 Å². The summed E-state index contributed by atoms with van der Waals surface area (Å²) in [6, 6.07) is 5.59. The van der Waals surface area contributed by atoms with Gasteiger partial charge in [0.15, 0.2) is 4.32 Å². The molecular weight excluding hydrogens is 190 g/mol. The Kier molecular flexibility index (Phi) is 3.31. The number of nitrogens with zero attached hydrogens (tertiary/aromatic N) is 2. The molecule has 0 aliphatic rings. The summed E-state index contributed by atoms with van der Waals surface area (Å²) in [7, 11) is 1.78. The summed E-state index contributed by atoms with van der Waals surface area (Å²) in [5.41, 5.74) is 2.95. The van der Waals surface area contributed by atoms with Gasteiger partial charge in [-0.15, -0.1) is 12.6 Å². The lowest BCUT2D eigenvalue weighted by molar-refractivity contribution is 0.628. The van der Waals surface area contributed by atoms with Crippen LogP contribution in [0.5, 0.6) is 0 Å². The predicted molar refractivity (Wildman–Crippen MR) is 57.2 cm³/mol. The van der Waals surface area contributed by atoms with E-state index in [2.05, 4.69) is 23.0 Å². The molecule has 0 spiro atoms. The topological polar surface area (TPSA) is 28.2 Å². The molecule has 64 valence electrons. The van der Waals surface area contributed by atoms with E-state index in [0.29, 0.717) is 4.32 Å². The van der Waals surface area contributed by atoms with Crippen LogP contribution in [0.15, 0.2) is 24.4 Å². The molecule has 0 radical (unpaired) electrons. The minimum absolute atomic E-state index is 0.473. The summed E-state index contributed by atoms with van der Waals surface area (Å²) in [4.78, 5) is 4.05. The van der Waals surface area contributed by atoms with Crippen LogP contribution in [0.3, 0.4) is 0 Å². The van der Waals surface area contributed by atoms with E-state index < -0.39 is 0 Å². The van der Waals surface area contributed by atoms with Crippen LogP contribution in [-0.2, 0) is 0 Å². The number of hydrazine groups is 1. The maximum atomic E-state index is 4.82. The molecule has 0 aliphatic carbocycles. The van der Waals surface area contributed by atoms with Crippen molar-refractivity contribution in [1.82, 2.24) is 9.99 Å². The first kappa shape index (κ1) is 9.28. The van der Waals surface area contributed by atoms with E-state index >= 15 is 0 Å². The van der Waals surface area contributed by atoms with E-state index in [1.165, 1.54) is 0 Å². The molecule has 0 amide bonds. The van der Waals surface area contributed by atoms with Gasteiger partial charge in [-0.05, 0) is 12.1 Å². The van der Waals surface area contributed by atoms with Gasteiger partial charge >= 0.3 is 0 Å². The number of rotatable bonds is 2. The molecular formula is C7H9N3S2. The summed E-state index contributed by atoms with van der Waals surface area (Å²) in [6.07, 6.45) is 1.71. The van der Waals surface area contributed by atoms with E-state index in [4.69, 9.17) is 12.2 Å². The molecule has 12 heavy (non-hydrogen) atoms. The van der Waals surface area contributed by atoms with Gasteiger partial charge in [0.25, 0.3) is 0 Å². The van der Waals surface area contributed by atoms with Crippen LogP contribution in [0.25, 0.3) is 0 Å². The zero-order chi connectivity index (χ0) is 8.97. The zero-order valence-corrected chi connectivity index (χ0v) is 8.27. The molecule has 1 heterocycles. The number of hydrogen-bond acceptors (Lipinski definition) is 3. The lowest BCUT2D eigenvalue weighted by Crippen LogP contribution is -2.27. The van der Waals surface area contributed by atoms with Crippen LogP contribution in [0, 0.1) is 0 Å². The van der Waals surface area contributed by atoms with Gasteiger partial charge < -0.3 is 0 Å². The van der Waals surface area contributed by atoms with Gasteiger partial charge in [-0.1, -0.05) is 18.3 Å². The predicted octanol–water partition coefficient (Wildman–Crippen LogP) is 1.55. The molecule has 1 aromatic heterocycles. The fourth-order valence-electron chi connectivity index (χ4n) is 0.649. The van der Waals surface area contributed by atoms with Gasteiger partial charge in [0, 0.05) is 13.2 Å². The Morgan fingerprint density at radius 2 is 2.42 bits per heavy atom. The average Bonchev–Trinajstić information content (AvgIpc) is 2.06. The quantitative estimate of drug-likeness (QED) is 0.429. The van der Waals surface area contributed by atoms with E-state index in [1.54, 1.807) is 18.3 Å². The Labute approximate surface area is 82.2 Å². The normalized spacial score (nSPS) is 9.17. The van der Waals surface area contributed by atoms with Crippen molar-refractivity contribution >= 4 is 35.0 Å². The number of aromatic nitrogens is 1. The second-order valence-electron chi connectivity index (χ2n) is 2.17. The minimum atomic E-state index is 0.473. The van der Waals surface area contributed by atoms with Gasteiger partial charge in [-0.3, -0.25) is 10.4 Å². The van der Waals surface area contributed by atoms with Crippen LogP contribution in [0.4, 0.5) is 5.82 Å². The molecule has 0 saturated carbocycles. The van der Waals surface area contributed by atoms with Crippen LogP contribution in [0.2, 0.25) is 0 Å². The van der Waals surface area contributed by atoms with Crippen LogP contribution in [-0.4, -0.2) is 21.4 Å². The summed E-state index contributed by atoms with van der Waals surface area (Å²) >= 11 is 8.81. The number of hydrogen-bond donors (Lipinski definition) is 2. The summed E-state index contributed by atoms with van der Waals surface area (Å²) < 4.78 is 0.473. The second-order valence-corrected chi connectivity index (χ2v) is 3.28. The monoisotopic (exact) mass is 199 g/mol. The number of pyridine rings is 1. The molecule has 0 unspecified atom stereocenters. The van der Waals surface area contributed by atoms with Crippen LogP contribution < -0.4 is 5.43 Å². The number of anilines is 1. The highest BCUT2D eigenvalue weighted by atomic mass is 32.1. The fourth-order valence-corrected chi connectivity index (χ4v) is 0.744. The smallest absolute Gasteiger partial charge is 0.151 e. The van der Waals surface area contributed by atoms with Gasteiger partial charge in [0.2, 0.25) is 0 Å². The summed E-state index contributed by atoms with van der Waals surface area (Å²) in [5.74, 6) is 0.747. The molecule has 0 saturated heterocycles. The van der Waals surface area contributed by atoms with Crippen molar-refractivity contribution in [2.24, 2.45) is 0 Å². The highest BCUT2D eigenvalue weighted by Gasteiger charge is 1.98. The Balaban J connectivity index is 2.58. The molecule has 1 aromatic rings. The summed E-state index contributed by atoms with van der Waals surface area (Å²) in [6.45, 7) is 0. The third kappa shape index (κ3) is 2.67. The molecule has 0 bridgehead atoms. The van der Waals surface area contributed by atoms with Crippen molar-refractivity contribution in [2.45, 2.75) is 0 Å². The molecule has 0 atom stereocenters. The number of thiocarbonyl (C=S) groups is 1. The molecule has 3 nitrogen and oxygen atoms in total. The highest BCUT2D eigenvalue weighted by molar-refractivity contribution is 8.10. The van der Waals surface area contributed by atoms with E-state index in [9.17, 15) is 0 Å². The SMILES string of the molecule is CN(Nc1ccccn1)C(=S)S. The highest BCUT2D eigenvalue weighted by Crippen LogP contribution is 2.02. The third-order valence-corrected chi connectivity index (χ3v) is 1.81. The Morgan fingerprint density at radius 3 is 2.92 bits per heavy atom. The average molecular weight is 199 g/mol. The minimum Gasteiger partial charge on any atom is -0.281 e. The molecule has 0 fully saturated rings. The van der Waals surface area contributed by atoms with Crippen molar-refractivity contribution in [2.75, 3.05) is 12.5 Å². The van der Waals surface area contributed by atoms with Gasteiger partial charge in [-0.2, -0.15) is 0 Å². The molecule has 1 rings (SSSR count). The molecule has 0 aliphatic heterocycles. The van der Waals surface area contributed by atoms with Crippen LogP contribution >= 0.6 is 24.8 Å². The third-order valence-electron chi connectivity index (χ3n) is 1.23. The first-order valence-corrected chi connectivity index (χ1v) is 4.20. The summed E-state index contributed by atoms with van der Waals surface area (Å²) in [5, 5.41) is 1.61. The van der Waals surface area contributed by atoms with E-state index in [1.807, 2.05) is 18.2 Å². The Bertz CT molecular complexity index is 263. The maximum Gasteiger partial charge on any atom is 0.151 e. The van der Waals surface area contributed by atoms with Gasteiger partial charge in [0.1, 0.15) is 5.82 Å². The maximum absolute atomic E-state index is 4.82. The standard InChI is InChI=1S/C7H9N3S2/c1-10(7(11)12)9-6-4-2-3-5-8-6/h2-5H,1H3,(H,8,9)(H,11,12). The van der Waals surface area contributed by atoms with Crippen molar-refractivity contribution in [3.8, 4) is 0 Å². The van der Waals surface area contributed by atoms with Gasteiger partial charge in [-0.25, -0.2) is 4.98 Å². The molecule has 1 N–H and O–H groups in total. The van der Waals surface area contributed by atoms with E-state index in [0.717, 1.165) is 5.82 Å². The van der Waals surface area contributed by atoms with Crippen molar-refractivity contribution in [3.05, 3.63) is 24.4 Å². The van der Waals surface area contributed by atoms with Gasteiger partial charge in [0.05, 0.1) is 0 Å². The molecule has 0 aromatic carbocycles. The first-order chi connectivity index (χ1) is 5.70. The lowest BCUT2D eigenvalue weighted by atomic mass is 10.5. The van der Waals surface area contributed by atoms with Crippen molar-refractivity contribution in [3.63, 3.8) is 0 Å². The molecule has 5 heteroatoms. The Hall–Kier alpha value is -0.810. The first-order valence-electron chi connectivity index (χ1n) is 3.34. The zero-order valence-electron chi connectivity index (χ0n) is 6.56. The largest absolute Gasteiger partial charge is 0.281 e. The van der Waals surface area contributed by atoms with E-state index in [-0.39, 0.29) is 0 Å².